The fourth-order valence-electron chi connectivity index (χ4n) is 10.3. The lowest BCUT2D eigenvalue weighted by Crippen LogP contribution is -2.69. The molecule has 4 aliphatic carbocycles. The van der Waals surface area contributed by atoms with Crippen LogP contribution in [0.2, 0.25) is 0 Å². The first kappa shape index (κ1) is 45.6. The van der Waals surface area contributed by atoms with E-state index in [1.165, 1.54) is 18.2 Å². The molecule has 0 bridgehead atoms. The average Bonchev–Trinajstić information content (AvgIpc) is 3.57. The molecule has 3 fully saturated rings. The van der Waals surface area contributed by atoms with Crippen molar-refractivity contribution in [3.63, 3.8) is 0 Å². The van der Waals surface area contributed by atoms with Gasteiger partial charge in [0.1, 0.15) is 17.4 Å². The highest BCUT2D eigenvalue weighted by molar-refractivity contribution is 5.94. The molecule has 334 valence electrons. The number of fused-ring (bicyclic) bond motifs is 7. The Morgan fingerprint density at radius 1 is 1.05 bits per heavy atom. The molecule has 2 N–H and O–H groups in total. The molecular formula is C43H55FN2O15. The SMILES string of the molecule is CC(C)(C)OC(=O)N[C@@H](Cc1ccc(OC(=O)OCC(=O)[C@@]23OC(C)(C)O[C@@H]2CC2C4CC=C5CC(=O)C=C[C@]5(C)[C@@]4(F)[C@@H](O)C[C@@]23C)cc1)C(=O)OCCCCO[N+](=O)[O-]. The number of nitrogens with one attached hydrogen (secondary N) is 1. The molecule has 1 aromatic rings. The van der Waals surface area contributed by atoms with Crippen molar-refractivity contribution < 1.29 is 71.8 Å². The Morgan fingerprint density at radius 2 is 1.74 bits per heavy atom. The van der Waals surface area contributed by atoms with Gasteiger partial charge in [0.05, 0.1) is 25.4 Å². The molecule has 1 aromatic carbocycles. The molecule has 1 heterocycles. The van der Waals surface area contributed by atoms with Crippen LogP contribution < -0.4 is 10.1 Å². The maximum Gasteiger partial charge on any atom is 0.514 e. The molecule has 1 aliphatic heterocycles. The van der Waals surface area contributed by atoms with Crippen molar-refractivity contribution in [3.8, 4) is 5.75 Å². The molecule has 17 nitrogen and oxygen atoms in total. The van der Waals surface area contributed by atoms with Crippen molar-refractivity contribution >= 4 is 29.8 Å². The summed E-state index contributed by atoms with van der Waals surface area (Å²) >= 11 is 0. The van der Waals surface area contributed by atoms with Crippen LogP contribution in [0.15, 0.2) is 48.1 Å². The van der Waals surface area contributed by atoms with Crippen LogP contribution in [0.3, 0.4) is 0 Å². The van der Waals surface area contributed by atoms with Crippen LogP contribution in [0.1, 0.15) is 92.6 Å². The van der Waals surface area contributed by atoms with Gasteiger partial charge in [0.25, 0.3) is 5.09 Å². The Morgan fingerprint density at radius 3 is 2.41 bits per heavy atom. The van der Waals surface area contributed by atoms with E-state index in [0.717, 1.165) is 0 Å². The molecule has 9 atom stereocenters. The maximum absolute atomic E-state index is 17.7. The van der Waals surface area contributed by atoms with Gasteiger partial charge in [-0.25, -0.2) is 18.8 Å². The van der Waals surface area contributed by atoms with Gasteiger partial charge in [0.15, 0.2) is 29.4 Å². The van der Waals surface area contributed by atoms with Gasteiger partial charge < -0.3 is 43.7 Å². The summed E-state index contributed by atoms with van der Waals surface area (Å²) < 4.78 is 51.9. The number of hydrogen-bond acceptors (Lipinski definition) is 15. The van der Waals surface area contributed by atoms with E-state index in [0.29, 0.717) is 11.1 Å². The second kappa shape index (κ2) is 16.7. The Labute approximate surface area is 352 Å². The number of benzene rings is 1. The summed E-state index contributed by atoms with van der Waals surface area (Å²) in [6, 6.07) is 4.74. The second-order valence-corrected chi connectivity index (χ2v) is 18.4. The summed E-state index contributed by atoms with van der Waals surface area (Å²) in [5.74, 6) is -3.94. The Kier molecular flexibility index (Phi) is 12.5. The standard InChI is InChI=1S/C43H55FN2O15/c1-38(2,3)60-36(51)45-31(35(50)55-18-8-9-19-57-46(53)54)20-25-10-13-28(14-11-25)58-37(52)56-24-33(49)43-34(59-39(4,5)61-43)22-30-29-15-12-26-21-27(47)16-17-40(26,6)42(29,44)32(48)23-41(30,43)7/h10-14,16-17,29-32,34,48H,8-9,15,18-24H2,1-7H3,(H,45,51)/t29?,30?,31-,32-,34+,40-,41-,42-,43+/m0/s1. The number of amides is 1. The van der Waals surface area contributed by atoms with Crippen LogP contribution in [0.4, 0.5) is 14.0 Å². The van der Waals surface area contributed by atoms with E-state index in [1.54, 1.807) is 66.7 Å². The maximum atomic E-state index is 17.7. The molecule has 6 rings (SSSR count). The van der Waals surface area contributed by atoms with Gasteiger partial charge >= 0.3 is 18.2 Å². The molecule has 2 unspecified atom stereocenters. The van der Waals surface area contributed by atoms with E-state index in [4.69, 9.17) is 28.4 Å². The Hall–Kier alpha value is -4.94. The average molecular weight is 859 g/mol. The van der Waals surface area contributed by atoms with Gasteiger partial charge in [-0.15, -0.1) is 10.1 Å². The summed E-state index contributed by atoms with van der Waals surface area (Å²) in [5, 5.41) is 23.7. The summed E-state index contributed by atoms with van der Waals surface area (Å²) in [6.45, 7) is 10.8. The number of unbranched alkanes of at least 4 members (excludes halogenated alkanes) is 1. The molecule has 61 heavy (non-hydrogen) atoms. The number of aliphatic hydroxyl groups is 1. The van der Waals surface area contributed by atoms with Crippen LogP contribution in [-0.2, 0) is 49.3 Å². The van der Waals surface area contributed by atoms with E-state index >= 15 is 4.39 Å². The van der Waals surface area contributed by atoms with Gasteiger partial charge in [0.2, 0.25) is 5.78 Å². The number of carbonyl (C=O) groups is 5. The van der Waals surface area contributed by atoms with Gasteiger partial charge in [-0.1, -0.05) is 36.8 Å². The highest BCUT2D eigenvalue weighted by Crippen LogP contribution is 2.72. The largest absolute Gasteiger partial charge is 0.514 e. The van der Waals surface area contributed by atoms with Gasteiger partial charge in [0, 0.05) is 29.6 Å². The third-order valence-corrected chi connectivity index (χ3v) is 12.9. The van der Waals surface area contributed by atoms with Crippen molar-refractivity contribution in [2.24, 2.45) is 22.7 Å². The van der Waals surface area contributed by atoms with Crippen LogP contribution in [0.5, 0.6) is 5.75 Å². The lowest BCUT2D eigenvalue weighted by Gasteiger charge is -2.62. The summed E-state index contributed by atoms with van der Waals surface area (Å²) in [5.41, 5.74) is -5.89. The van der Waals surface area contributed by atoms with Crippen molar-refractivity contribution in [3.05, 3.63) is 63.7 Å². The normalized spacial score (nSPS) is 32.5. The number of alkyl halides is 1. The van der Waals surface area contributed by atoms with Crippen molar-refractivity contribution in [2.75, 3.05) is 19.8 Å². The number of ketones is 2. The zero-order valence-corrected chi connectivity index (χ0v) is 35.5. The molecule has 18 heteroatoms. The molecule has 0 aromatic heterocycles. The fraction of sp³-hybridized carbons (Fsp3) is 0.651. The van der Waals surface area contributed by atoms with Crippen LogP contribution in [0.25, 0.3) is 0 Å². The molecule has 1 saturated heterocycles. The predicted molar refractivity (Wildman–Crippen MR) is 210 cm³/mol. The molecule has 0 radical (unpaired) electrons. The number of Topliss-reactive ketones (excluding diaryl/α,β-unsaturated/α-hetero) is 1. The number of carbonyl (C=O) groups excluding carboxylic acids is 5. The molecule has 5 aliphatic rings. The molecular weight excluding hydrogens is 803 g/mol. The van der Waals surface area contributed by atoms with E-state index in [2.05, 4.69) is 10.2 Å². The van der Waals surface area contributed by atoms with Crippen LogP contribution >= 0.6 is 0 Å². The third-order valence-electron chi connectivity index (χ3n) is 12.9. The second-order valence-electron chi connectivity index (χ2n) is 18.4. The summed E-state index contributed by atoms with van der Waals surface area (Å²) in [7, 11) is 0. The van der Waals surface area contributed by atoms with Gasteiger partial charge in [-0.2, -0.15) is 0 Å². The van der Waals surface area contributed by atoms with Crippen LogP contribution in [0, 0.1) is 32.8 Å². The Bertz CT molecular complexity index is 1980. The summed E-state index contributed by atoms with van der Waals surface area (Å²) in [6.07, 6.45) is 1.31. The fourth-order valence-corrected chi connectivity index (χ4v) is 10.3. The zero-order valence-electron chi connectivity index (χ0n) is 35.5. The number of aliphatic hydroxyl groups excluding tert-OH is 1. The van der Waals surface area contributed by atoms with Crippen molar-refractivity contribution in [1.29, 1.82) is 0 Å². The van der Waals surface area contributed by atoms with Crippen LogP contribution in [-0.4, -0.2) is 101 Å². The first-order chi connectivity index (χ1) is 28.4. The quantitative estimate of drug-likeness (QED) is 0.0441. The lowest BCUT2D eigenvalue weighted by atomic mass is 9.45. The minimum absolute atomic E-state index is 0.0363. The number of ether oxygens (including phenoxy) is 6. The third kappa shape index (κ3) is 8.76. The number of allylic oxidation sites excluding steroid dienone is 4. The number of rotatable bonds is 14. The topological polar surface area (TPSA) is 225 Å². The predicted octanol–water partition coefficient (Wildman–Crippen LogP) is 5.61. The molecule has 0 spiro atoms. The first-order valence-corrected chi connectivity index (χ1v) is 20.5. The molecule has 1 amide bonds. The van der Waals surface area contributed by atoms with E-state index < -0.39 is 99.3 Å². The number of alkyl carbamates (subject to hydrolysis) is 1. The van der Waals surface area contributed by atoms with Gasteiger partial charge in [-0.3, -0.25) is 9.59 Å². The lowest BCUT2D eigenvalue weighted by molar-refractivity contribution is -0.757. The van der Waals surface area contributed by atoms with Crippen molar-refractivity contribution in [1.82, 2.24) is 5.32 Å². The van der Waals surface area contributed by atoms with E-state index in [9.17, 15) is 39.2 Å². The number of nitrogens with zero attached hydrogens (tertiary/aromatic N) is 1. The zero-order chi connectivity index (χ0) is 44.8. The number of esters is 1. The highest BCUT2D eigenvalue weighted by atomic mass is 19.1. The molecule has 2 saturated carbocycles. The number of hydrogen-bond donors (Lipinski definition) is 2. The smallest absolute Gasteiger partial charge is 0.464 e. The van der Waals surface area contributed by atoms with E-state index in [-0.39, 0.29) is 69.7 Å². The Balaban J connectivity index is 1.10. The minimum atomic E-state index is -2.13. The first-order valence-electron chi connectivity index (χ1n) is 20.5. The van der Waals surface area contributed by atoms with Crippen molar-refractivity contribution in [2.45, 2.75) is 134 Å². The number of halogens is 1. The van der Waals surface area contributed by atoms with Gasteiger partial charge in [-0.05, 0) is 103 Å². The van der Waals surface area contributed by atoms with E-state index in [1.807, 2.05) is 6.08 Å². The highest BCUT2D eigenvalue weighted by Gasteiger charge is 2.80. The summed E-state index contributed by atoms with van der Waals surface area (Å²) in [4.78, 5) is 79.9. The monoisotopic (exact) mass is 858 g/mol. The minimum Gasteiger partial charge on any atom is -0.464 e.